The third-order valence-electron chi connectivity index (χ3n) is 5.09. The number of rotatable bonds is 7. The van der Waals surface area contributed by atoms with Crippen molar-refractivity contribution in [1.82, 2.24) is 30.0 Å². The van der Waals surface area contributed by atoms with E-state index in [4.69, 9.17) is 9.15 Å². The Morgan fingerprint density at radius 3 is 2.63 bits per heavy atom. The largest absolute Gasteiger partial charge is 0.496 e. The van der Waals surface area contributed by atoms with Crippen molar-refractivity contribution in [2.75, 3.05) is 14.2 Å². The van der Waals surface area contributed by atoms with E-state index in [9.17, 15) is 18.0 Å². The number of nitrogens with zero attached hydrogens (tertiary/aromatic N) is 5. The molecule has 0 aliphatic carbocycles. The molecule has 4 aromatic rings. The molecular formula is C23H21F3N6O3. The molecule has 0 atom stereocenters. The first-order valence-corrected chi connectivity index (χ1v) is 10.5. The maximum Gasteiger partial charge on any atom is 0.406 e. The third kappa shape index (κ3) is 5.38. The molecule has 35 heavy (non-hydrogen) atoms. The summed E-state index contributed by atoms with van der Waals surface area (Å²) in [4.78, 5) is 20.6. The van der Waals surface area contributed by atoms with Gasteiger partial charge in [0.2, 0.25) is 0 Å². The summed E-state index contributed by atoms with van der Waals surface area (Å²) in [5, 5.41) is 11.3. The highest BCUT2D eigenvalue weighted by molar-refractivity contribution is 5.66. The molecule has 0 radical (unpaired) electrons. The van der Waals surface area contributed by atoms with Crippen molar-refractivity contribution >= 4 is 0 Å². The predicted molar refractivity (Wildman–Crippen MR) is 121 cm³/mol. The Morgan fingerprint density at radius 2 is 1.91 bits per heavy atom. The van der Waals surface area contributed by atoms with Crippen molar-refractivity contribution in [2.45, 2.75) is 26.2 Å². The quantitative estimate of drug-likeness (QED) is 0.422. The topological polar surface area (TPSA) is 108 Å². The van der Waals surface area contributed by atoms with E-state index in [0.29, 0.717) is 28.1 Å². The van der Waals surface area contributed by atoms with Gasteiger partial charge in [-0.1, -0.05) is 6.07 Å². The van der Waals surface area contributed by atoms with Gasteiger partial charge in [0.05, 0.1) is 30.3 Å². The molecule has 0 amide bonds. The Balaban J connectivity index is 1.70. The van der Waals surface area contributed by atoms with Gasteiger partial charge in [0.25, 0.3) is 17.3 Å². The van der Waals surface area contributed by atoms with E-state index in [2.05, 4.69) is 25.5 Å². The molecule has 0 saturated heterocycles. The highest BCUT2D eigenvalue weighted by atomic mass is 19.4. The second-order valence-electron chi connectivity index (χ2n) is 7.67. The van der Waals surface area contributed by atoms with Crippen LogP contribution in [0.15, 0.2) is 51.9 Å². The molecule has 3 aromatic heterocycles. The first-order chi connectivity index (χ1) is 16.7. The van der Waals surface area contributed by atoms with Crippen molar-refractivity contribution in [1.29, 1.82) is 0 Å². The lowest BCUT2D eigenvalue weighted by Gasteiger charge is -2.11. The molecule has 12 heteroatoms. The molecule has 0 saturated carbocycles. The number of ether oxygens (including phenoxy) is 1. The standard InChI is InChI=1S/C23H21F3N6O3/c1-13-20(22-31-30-21(35-22)16-6-4-14(9-27-2)8-18(16)34-3)29-17(10-28-13)15-5-7-19(33)32(11-15)12-23(24,25)26/h4-8,10-11,27H,9,12H2,1-3H3. The first-order valence-electron chi connectivity index (χ1n) is 10.5. The molecule has 0 aliphatic rings. The summed E-state index contributed by atoms with van der Waals surface area (Å²) in [6.07, 6.45) is -2.05. The molecule has 0 aliphatic heterocycles. The zero-order chi connectivity index (χ0) is 25.2. The molecule has 182 valence electrons. The van der Waals surface area contributed by atoms with E-state index in [0.717, 1.165) is 17.8 Å². The fraction of sp³-hybridized carbons (Fsp3) is 0.261. The second kappa shape index (κ2) is 9.66. The molecule has 0 spiro atoms. The first kappa shape index (κ1) is 24.1. The van der Waals surface area contributed by atoms with Gasteiger partial charge in [0.1, 0.15) is 18.0 Å². The van der Waals surface area contributed by atoms with Crippen molar-refractivity contribution in [3.8, 4) is 40.0 Å². The number of aryl methyl sites for hydroxylation is 1. The van der Waals surface area contributed by atoms with Crippen molar-refractivity contribution < 1.29 is 22.3 Å². The Morgan fingerprint density at radius 1 is 1.14 bits per heavy atom. The molecule has 0 unspecified atom stereocenters. The number of halogens is 3. The Bertz CT molecular complexity index is 1410. The highest BCUT2D eigenvalue weighted by Gasteiger charge is 2.28. The molecule has 1 aromatic carbocycles. The number of nitrogens with one attached hydrogen (secondary N) is 1. The molecule has 4 rings (SSSR count). The number of benzene rings is 1. The number of alkyl halides is 3. The minimum atomic E-state index is -4.54. The van der Waals surface area contributed by atoms with Gasteiger partial charge in [-0.05, 0) is 37.7 Å². The fourth-order valence-corrected chi connectivity index (χ4v) is 3.44. The van der Waals surface area contributed by atoms with Crippen LogP contribution in [0.1, 0.15) is 11.3 Å². The number of methoxy groups -OCH3 is 1. The molecule has 3 heterocycles. The van der Waals surface area contributed by atoms with Gasteiger partial charge in [-0.2, -0.15) is 13.2 Å². The average molecular weight is 486 g/mol. The smallest absolute Gasteiger partial charge is 0.406 e. The summed E-state index contributed by atoms with van der Waals surface area (Å²) in [6.45, 7) is 0.936. The fourth-order valence-electron chi connectivity index (χ4n) is 3.44. The Kier molecular flexibility index (Phi) is 6.65. The number of hydrogen-bond acceptors (Lipinski definition) is 8. The molecule has 9 nitrogen and oxygen atoms in total. The van der Waals surface area contributed by atoms with E-state index in [-0.39, 0.29) is 28.7 Å². The van der Waals surface area contributed by atoms with Gasteiger partial charge in [-0.25, -0.2) is 4.98 Å². The molecule has 0 bridgehead atoms. The van der Waals surface area contributed by atoms with Crippen LogP contribution in [0.5, 0.6) is 5.75 Å². The normalized spacial score (nSPS) is 11.6. The van der Waals surface area contributed by atoms with Crippen molar-refractivity contribution in [3.05, 3.63) is 64.3 Å². The predicted octanol–water partition coefficient (Wildman–Crippen LogP) is 3.62. The lowest BCUT2D eigenvalue weighted by atomic mass is 10.1. The van der Waals surface area contributed by atoms with Crippen LogP contribution in [0.25, 0.3) is 34.3 Å². The van der Waals surface area contributed by atoms with Crippen LogP contribution >= 0.6 is 0 Å². The Labute approximate surface area is 197 Å². The second-order valence-corrected chi connectivity index (χ2v) is 7.67. The van der Waals surface area contributed by atoms with Crippen molar-refractivity contribution in [2.24, 2.45) is 0 Å². The van der Waals surface area contributed by atoms with Crippen LogP contribution < -0.4 is 15.6 Å². The summed E-state index contributed by atoms with van der Waals surface area (Å²) in [5.41, 5.74) is 2.09. The third-order valence-corrected chi connectivity index (χ3v) is 5.09. The van der Waals surface area contributed by atoms with E-state index in [1.807, 2.05) is 25.2 Å². The maximum absolute atomic E-state index is 12.8. The lowest BCUT2D eigenvalue weighted by Crippen LogP contribution is -2.27. The molecule has 1 N–H and O–H groups in total. The van der Waals surface area contributed by atoms with Crippen LogP contribution in [0.3, 0.4) is 0 Å². The highest BCUT2D eigenvalue weighted by Crippen LogP contribution is 2.32. The van der Waals surface area contributed by atoms with Crippen molar-refractivity contribution in [3.63, 3.8) is 0 Å². The minimum Gasteiger partial charge on any atom is -0.496 e. The van der Waals surface area contributed by atoms with E-state index in [1.54, 1.807) is 6.92 Å². The van der Waals surface area contributed by atoms with Crippen LogP contribution in [-0.2, 0) is 13.1 Å². The zero-order valence-electron chi connectivity index (χ0n) is 19.1. The van der Waals surface area contributed by atoms with Crippen LogP contribution in [0.4, 0.5) is 13.2 Å². The lowest BCUT2D eigenvalue weighted by molar-refractivity contribution is -0.141. The number of aromatic nitrogens is 5. The molecule has 0 fully saturated rings. The summed E-state index contributed by atoms with van der Waals surface area (Å²) >= 11 is 0. The van der Waals surface area contributed by atoms with Gasteiger partial charge in [0, 0.05) is 24.4 Å². The van der Waals surface area contributed by atoms with E-state index in [1.165, 1.54) is 19.4 Å². The average Bonchev–Trinajstić information content (AvgIpc) is 3.30. The Hall–Kier alpha value is -4.06. The molecular weight excluding hydrogens is 465 g/mol. The summed E-state index contributed by atoms with van der Waals surface area (Å²) in [6, 6.07) is 8.00. The summed E-state index contributed by atoms with van der Waals surface area (Å²) in [5.74, 6) is 0.839. The van der Waals surface area contributed by atoms with Gasteiger partial charge < -0.3 is 19.0 Å². The van der Waals surface area contributed by atoms with Crippen LogP contribution in [0.2, 0.25) is 0 Å². The summed E-state index contributed by atoms with van der Waals surface area (Å²) in [7, 11) is 3.38. The zero-order valence-corrected chi connectivity index (χ0v) is 19.1. The monoisotopic (exact) mass is 486 g/mol. The number of pyridine rings is 1. The van der Waals surface area contributed by atoms with E-state index >= 15 is 0 Å². The minimum absolute atomic E-state index is 0.0804. The van der Waals surface area contributed by atoms with Crippen LogP contribution in [0, 0.1) is 6.92 Å². The van der Waals surface area contributed by atoms with Crippen LogP contribution in [-0.4, -0.2) is 45.1 Å². The van der Waals surface area contributed by atoms with Gasteiger partial charge >= 0.3 is 6.18 Å². The van der Waals surface area contributed by atoms with Gasteiger partial charge in [-0.15, -0.1) is 10.2 Å². The van der Waals surface area contributed by atoms with Gasteiger partial charge in [-0.3, -0.25) is 9.78 Å². The summed E-state index contributed by atoms with van der Waals surface area (Å²) < 4.78 is 50.4. The maximum atomic E-state index is 12.8. The SMILES string of the molecule is CNCc1ccc(-c2nnc(-c3nc(-c4ccc(=O)n(CC(F)(F)F)c4)cnc3C)o2)c(OC)c1. The number of hydrogen-bond donors (Lipinski definition) is 1. The van der Waals surface area contributed by atoms with Gasteiger partial charge in [0.15, 0.2) is 0 Å². The van der Waals surface area contributed by atoms with E-state index < -0.39 is 18.3 Å².